The van der Waals surface area contributed by atoms with Crippen LogP contribution in [0.2, 0.25) is 0 Å². The van der Waals surface area contributed by atoms with E-state index in [9.17, 15) is 9.59 Å². The monoisotopic (exact) mass is 337 g/mol. The Balaban J connectivity index is 1.60. The summed E-state index contributed by atoms with van der Waals surface area (Å²) in [5.41, 5.74) is 0.585. The van der Waals surface area contributed by atoms with Crippen molar-refractivity contribution in [2.24, 2.45) is 5.92 Å². The fourth-order valence-corrected chi connectivity index (χ4v) is 2.79. The van der Waals surface area contributed by atoms with Crippen molar-refractivity contribution in [3.05, 3.63) is 28.5 Å². The number of nitrogens with zero attached hydrogens (tertiary/aromatic N) is 3. The van der Waals surface area contributed by atoms with Crippen molar-refractivity contribution in [2.45, 2.75) is 12.8 Å². The molecule has 20 heavy (non-hydrogen) atoms. The lowest BCUT2D eigenvalue weighted by atomic mass is 10.2. The molecule has 1 aliphatic carbocycles. The summed E-state index contributed by atoms with van der Waals surface area (Å²) in [6.45, 7) is 2.48. The number of rotatable bonds is 2. The van der Waals surface area contributed by atoms with E-state index in [0.717, 1.165) is 17.3 Å². The molecule has 1 aromatic heterocycles. The zero-order valence-corrected chi connectivity index (χ0v) is 12.7. The fraction of sp³-hybridized carbons (Fsp3) is 0.500. The van der Waals surface area contributed by atoms with Crippen LogP contribution < -0.4 is 0 Å². The number of aromatic nitrogens is 1. The van der Waals surface area contributed by atoms with Crippen LogP contribution in [0.25, 0.3) is 0 Å². The Labute approximate surface area is 126 Å². The van der Waals surface area contributed by atoms with Gasteiger partial charge < -0.3 is 9.80 Å². The van der Waals surface area contributed by atoms with E-state index in [2.05, 4.69) is 20.9 Å². The Kier molecular flexibility index (Phi) is 3.74. The lowest BCUT2D eigenvalue weighted by Gasteiger charge is -2.34. The van der Waals surface area contributed by atoms with Crippen molar-refractivity contribution in [3.8, 4) is 0 Å². The standard InChI is InChI=1S/C14H16BrN3O2/c15-12-7-11(8-16-9-12)14(20)18-5-3-17(4-6-18)13(19)10-1-2-10/h7-10H,1-6H2. The quantitative estimate of drug-likeness (QED) is 0.822. The summed E-state index contributed by atoms with van der Waals surface area (Å²) in [7, 11) is 0. The topological polar surface area (TPSA) is 53.5 Å². The van der Waals surface area contributed by atoms with Crippen molar-refractivity contribution in [2.75, 3.05) is 26.2 Å². The summed E-state index contributed by atoms with van der Waals surface area (Å²) < 4.78 is 0.797. The van der Waals surface area contributed by atoms with Crippen LogP contribution in [-0.2, 0) is 4.79 Å². The van der Waals surface area contributed by atoms with E-state index in [0.29, 0.717) is 31.7 Å². The predicted molar refractivity (Wildman–Crippen MR) is 77.1 cm³/mol. The molecule has 6 heteroatoms. The van der Waals surface area contributed by atoms with E-state index in [1.54, 1.807) is 23.4 Å². The molecule has 106 valence electrons. The third-order valence-electron chi connectivity index (χ3n) is 3.76. The molecule has 2 fully saturated rings. The third-order valence-corrected chi connectivity index (χ3v) is 4.19. The fourth-order valence-electron chi connectivity index (χ4n) is 2.43. The van der Waals surface area contributed by atoms with Crippen LogP contribution in [0.5, 0.6) is 0 Å². The maximum atomic E-state index is 12.3. The summed E-state index contributed by atoms with van der Waals surface area (Å²) in [5, 5.41) is 0. The van der Waals surface area contributed by atoms with Crippen LogP contribution in [0.1, 0.15) is 23.2 Å². The first-order valence-electron chi connectivity index (χ1n) is 6.84. The smallest absolute Gasteiger partial charge is 0.255 e. The molecule has 0 atom stereocenters. The number of carbonyl (C=O) groups is 2. The highest BCUT2D eigenvalue weighted by Gasteiger charge is 2.35. The first-order valence-corrected chi connectivity index (χ1v) is 7.63. The van der Waals surface area contributed by atoms with Gasteiger partial charge in [0, 0.05) is 49.0 Å². The minimum atomic E-state index is -0.0164. The molecular weight excluding hydrogens is 322 g/mol. The molecule has 0 spiro atoms. The first kappa shape index (κ1) is 13.5. The molecule has 0 radical (unpaired) electrons. The Morgan fingerprint density at radius 3 is 2.35 bits per heavy atom. The van der Waals surface area contributed by atoms with E-state index in [1.807, 2.05) is 4.90 Å². The van der Waals surface area contributed by atoms with E-state index in [-0.39, 0.29) is 17.7 Å². The minimum Gasteiger partial charge on any atom is -0.339 e. The summed E-state index contributed by atoms with van der Waals surface area (Å²) in [6, 6.07) is 1.77. The largest absolute Gasteiger partial charge is 0.339 e. The average Bonchev–Trinajstić information content (AvgIpc) is 3.30. The van der Waals surface area contributed by atoms with Gasteiger partial charge >= 0.3 is 0 Å². The van der Waals surface area contributed by atoms with Crippen LogP contribution in [0.15, 0.2) is 22.9 Å². The average molecular weight is 338 g/mol. The summed E-state index contributed by atoms with van der Waals surface area (Å²) in [6.07, 6.45) is 5.29. The van der Waals surface area contributed by atoms with Gasteiger partial charge in [0.1, 0.15) is 0 Å². The van der Waals surface area contributed by atoms with Gasteiger partial charge in [-0.25, -0.2) is 0 Å². The molecule has 0 unspecified atom stereocenters. The molecule has 2 aliphatic rings. The normalized spacial score (nSPS) is 19.1. The molecule has 0 aromatic carbocycles. The maximum absolute atomic E-state index is 12.3. The van der Waals surface area contributed by atoms with Gasteiger partial charge in [-0.1, -0.05) is 0 Å². The zero-order chi connectivity index (χ0) is 14.1. The third kappa shape index (κ3) is 2.85. The molecular formula is C14H16BrN3O2. The highest BCUT2D eigenvalue weighted by Crippen LogP contribution is 2.31. The Morgan fingerprint density at radius 1 is 1.10 bits per heavy atom. The number of halogens is 1. The van der Waals surface area contributed by atoms with Crippen molar-refractivity contribution in [1.82, 2.24) is 14.8 Å². The SMILES string of the molecule is O=C(c1cncc(Br)c1)N1CCN(C(=O)C2CC2)CC1. The Bertz CT molecular complexity index is 537. The number of hydrogen-bond donors (Lipinski definition) is 0. The zero-order valence-electron chi connectivity index (χ0n) is 11.1. The van der Waals surface area contributed by atoms with Gasteiger partial charge in [-0.05, 0) is 34.8 Å². The van der Waals surface area contributed by atoms with Gasteiger partial charge in [0.2, 0.25) is 5.91 Å². The Hall–Kier alpha value is -1.43. The lowest BCUT2D eigenvalue weighted by Crippen LogP contribution is -2.51. The van der Waals surface area contributed by atoms with Gasteiger partial charge in [-0.3, -0.25) is 14.6 Å². The maximum Gasteiger partial charge on any atom is 0.255 e. The molecule has 1 saturated carbocycles. The number of piperazine rings is 1. The van der Waals surface area contributed by atoms with E-state index in [4.69, 9.17) is 0 Å². The molecule has 0 N–H and O–H groups in total. The lowest BCUT2D eigenvalue weighted by molar-refractivity contribution is -0.134. The summed E-state index contributed by atoms with van der Waals surface area (Å²) in [5.74, 6) is 0.505. The number of amides is 2. The molecule has 1 saturated heterocycles. The van der Waals surface area contributed by atoms with Gasteiger partial charge in [-0.2, -0.15) is 0 Å². The molecule has 1 aliphatic heterocycles. The molecule has 2 amide bonds. The van der Waals surface area contributed by atoms with Crippen molar-refractivity contribution >= 4 is 27.7 Å². The Morgan fingerprint density at radius 2 is 1.75 bits per heavy atom. The molecule has 5 nitrogen and oxygen atoms in total. The number of hydrogen-bond acceptors (Lipinski definition) is 3. The second-order valence-corrected chi connectivity index (χ2v) is 6.20. The van der Waals surface area contributed by atoms with Crippen molar-refractivity contribution < 1.29 is 9.59 Å². The second-order valence-electron chi connectivity index (χ2n) is 5.28. The van der Waals surface area contributed by atoms with Crippen LogP contribution >= 0.6 is 15.9 Å². The first-order chi connectivity index (χ1) is 9.65. The van der Waals surface area contributed by atoms with E-state index < -0.39 is 0 Å². The number of pyridine rings is 1. The summed E-state index contributed by atoms with van der Waals surface area (Å²) in [4.78, 5) is 32.0. The highest BCUT2D eigenvalue weighted by molar-refractivity contribution is 9.10. The molecule has 1 aromatic rings. The van der Waals surface area contributed by atoms with Gasteiger partial charge in [0.15, 0.2) is 0 Å². The van der Waals surface area contributed by atoms with E-state index >= 15 is 0 Å². The predicted octanol–water partition coefficient (Wildman–Crippen LogP) is 1.54. The molecule has 2 heterocycles. The highest BCUT2D eigenvalue weighted by atomic mass is 79.9. The molecule has 3 rings (SSSR count). The van der Waals surface area contributed by atoms with Gasteiger partial charge in [0.05, 0.1) is 5.56 Å². The van der Waals surface area contributed by atoms with Crippen molar-refractivity contribution in [3.63, 3.8) is 0 Å². The van der Waals surface area contributed by atoms with Crippen LogP contribution in [0.3, 0.4) is 0 Å². The van der Waals surface area contributed by atoms with E-state index in [1.165, 1.54) is 0 Å². The summed E-state index contributed by atoms with van der Waals surface area (Å²) >= 11 is 3.32. The van der Waals surface area contributed by atoms with Gasteiger partial charge in [-0.15, -0.1) is 0 Å². The van der Waals surface area contributed by atoms with Crippen LogP contribution in [0, 0.1) is 5.92 Å². The number of carbonyl (C=O) groups excluding carboxylic acids is 2. The van der Waals surface area contributed by atoms with Gasteiger partial charge in [0.25, 0.3) is 5.91 Å². The second kappa shape index (κ2) is 5.52. The van der Waals surface area contributed by atoms with Crippen LogP contribution in [0.4, 0.5) is 0 Å². The van der Waals surface area contributed by atoms with Crippen molar-refractivity contribution in [1.29, 1.82) is 0 Å². The van der Waals surface area contributed by atoms with Crippen LogP contribution in [-0.4, -0.2) is 52.8 Å². The molecule has 0 bridgehead atoms. The minimum absolute atomic E-state index is 0.0164.